The predicted octanol–water partition coefficient (Wildman–Crippen LogP) is 3.48. The molecule has 5 heteroatoms. The average Bonchev–Trinajstić information content (AvgIpc) is 2.47. The number of hydrogen-bond acceptors (Lipinski definition) is 5. The number of hydrogen-bond donors (Lipinski definition) is 1. The number of ether oxygens (including phenoxy) is 4. The van der Waals surface area contributed by atoms with Gasteiger partial charge in [0, 0.05) is 23.9 Å². The van der Waals surface area contributed by atoms with E-state index in [2.05, 4.69) is 0 Å². The van der Waals surface area contributed by atoms with Crippen molar-refractivity contribution in [2.75, 3.05) is 26.6 Å². The van der Waals surface area contributed by atoms with E-state index in [1.54, 1.807) is 44.6 Å². The van der Waals surface area contributed by atoms with Crippen LogP contribution in [0.1, 0.15) is 6.92 Å². The lowest BCUT2D eigenvalue weighted by molar-refractivity contribution is 0.333. The van der Waals surface area contributed by atoms with Gasteiger partial charge in [0.05, 0.1) is 20.8 Å². The van der Waals surface area contributed by atoms with Crippen LogP contribution in [0, 0.1) is 0 Å². The van der Waals surface area contributed by atoms with E-state index in [1.165, 1.54) is 0 Å². The molecule has 0 saturated heterocycles. The van der Waals surface area contributed by atoms with E-state index in [0.29, 0.717) is 41.0 Å². The summed E-state index contributed by atoms with van der Waals surface area (Å²) in [6.07, 6.45) is 0. The monoisotopic (exact) mass is 289 g/mol. The normalized spacial score (nSPS) is 10.0. The van der Waals surface area contributed by atoms with Crippen molar-refractivity contribution in [1.29, 1.82) is 0 Å². The van der Waals surface area contributed by atoms with Crippen LogP contribution in [-0.2, 0) is 0 Å². The third-order valence-electron chi connectivity index (χ3n) is 2.82. The Morgan fingerprint density at radius 1 is 0.952 bits per heavy atom. The zero-order valence-electron chi connectivity index (χ0n) is 12.4. The predicted molar refractivity (Wildman–Crippen MR) is 81.6 cm³/mol. The molecule has 0 spiro atoms. The van der Waals surface area contributed by atoms with E-state index in [9.17, 15) is 0 Å². The minimum atomic E-state index is 0.496. The summed E-state index contributed by atoms with van der Waals surface area (Å²) < 4.78 is 21.9. The summed E-state index contributed by atoms with van der Waals surface area (Å²) in [5.74, 6) is 2.86. The minimum Gasteiger partial charge on any atom is -0.494 e. The fourth-order valence-electron chi connectivity index (χ4n) is 1.94. The van der Waals surface area contributed by atoms with Crippen LogP contribution in [0.15, 0.2) is 36.4 Å². The number of benzene rings is 2. The molecule has 0 aromatic heterocycles. The fraction of sp³-hybridized carbons (Fsp3) is 0.250. The lowest BCUT2D eigenvalue weighted by atomic mass is 10.2. The van der Waals surface area contributed by atoms with Crippen LogP contribution in [0.5, 0.6) is 28.7 Å². The topological polar surface area (TPSA) is 62.9 Å². The average molecular weight is 289 g/mol. The lowest BCUT2D eigenvalue weighted by Crippen LogP contribution is -1.97. The van der Waals surface area contributed by atoms with E-state index in [0.717, 1.165) is 0 Å². The highest BCUT2D eigenvalue weighted by atomic mass is 16.5. The molecular formula is C16H19NO4. The maximum Gasteiger partial charge on any atom is 0.210 e. The van der Waals surface area contributed by atoms with Crippen molar-refractivity contribution in [3.8, 4) is 28.7 Å². The Balaban J connectivity index is 2.37. The van der Waals surface area contributed by atoms with E-state index >= 15 is 0 Å². The molecule has 0 aliphatic heterocycles. The molecule has 0 amide bonds. The highest BCUT2D eigenvalue weighted by Gasteiger charge is 2.13. The quantitative estimate of drug-likeness (QED) is 0.825. The summed E-state index contributed by atoms with van der Waals surface area (Å²) in [6.45, 7) is 2.47. The summed E-state index contributed by atoms with van der Waals surface area (Å²) in [7, 11) is 3.15. The van der Waals surface area contributed by atoms with Crippen molar-refractivity contribution < 1.29 is 18.9 Å². The maximum absolute atomic E-state index is 5.88. The van der Waals surface area contributed by atoms with Gasteiger partial charge in [0.1, 0.15) is 11.5 Å². The van der Waals surface area contributed by atoms with Gasteiger partial charge < -0.3 is 24.7 Å². The first-order valence-electron chi connectivity index (χ1n) is 6.60. The van der Waals surface area contributed by atoms with E-state index in [1.807, 2.05) is 13.0 Å². The van der Waals surface area contributed by atoms with Crippen LogP contribution < -0.4 is 24.7 Å². The molecule has 2 aromatic rings. The Kier molecular flexibility index (Phi) is 4.77. The van der Waals surface area contributed by atoms with Crippen LogP contribution in [0.3, 0.4) is 0 Å². The molecule has 2 N–H and O–H groups in total. The SMILES string of the molecule is CCOc1cc(N)cc(Oc2c(OC)cccc2OC)c1. The number of methoxy groups -OCH3 is 2. The van der Waals surface area contributed by atoms with Gasteiger partial charge >= 0.3 is 0 Å². The lowest BCUT2D eigenvalue weighted by Gasteiger charge is -2.15. The zero-order chi connectivity index (χ0) is 15.2. The molecule has 0 aliphatic carbocycles. The molecule has 0 radical (unpaired) electrons. The van der Waals surface area contributed by atoms with Crippen LogP contribution in [0.2, 0.25) is 0 Å². The Hall–Kier alpha value is -2.56. The molecule has 5 nitrogen and oxygen atoms in total. The number of para-hydroxylation sites is 1. The van der Waals surface area contributed by atoms with Crippen LogP contribution in [-0.4, -0.2) is 20.8 Å². The highest BCUT2D eigenvalue weighted by molar-refractivity contribution is 5.56. The molecule has 0 heterocycles. The van der Waals surface area contributed by atoms with Gasteiger partial charge in [-0.2, -0.15) is 0 Å². The van der Waals surface area contributed by atoms with E-state index < -0.39 is 0 Å². The van der Waals surface area contributed by atoms with Gasteiger partial charge in [0.2, 0.25) is 5.75 Å². The largest absolute Gasteiger partial charge is 0.494 e. The second kappa shape index (κ2) is 6.74. The van der Waals surface area contributed by atoms with Crippen LogP contribution >= 0.6 is 0 Å². The first-order chi connectivity index (χ1) is 10.2. The van der Waals surface area contributed by atoms with E-state index in [4.69, 9.17) is 24.7 Å². The zero-order valence-corrected chi connectivity index (χ0v) is 12.4. The molecule has 21 heavy (non-hydrogen) atoms. The molecular weight excluding hydrogens is 270 g/mol. The van der Waals surface area contributed by atoms with Crippen molar-refractivity contribution in [2.24, 2.45) is 0 Å². The number of nitrogen functional groups attached to an aromatic ring is 1. The smallest absolute Gasteiger partial charge is 0.210 e. The van der Waals surface area contributed by atoms with Crippen LogP contribution in [0.25, 0.3) is 0 Å². The van der Waals surface area contributed by atoms with Crippen molar-refractivity contribution in [3.63, 3.8) is 0 Å². The van der Waals surface area contributed by atoms with E-state index in [-0.39, 0.29) is 0 Å². The summed E-state index contributed by atoms with van der Waals surface area (Å²) in [4.78, 5) is 0. The molecule has 0 atom stereocenters. The summed E-state index contributed by atoms with van der Waals surface area (Å²) in [5, 5.41) is 0. The third kappa shape index (κ3) is 3.51. The van der Waals surface area contributed by atoms with Crippen molar-refractivity contribution >= 4 is 5.69 Å². The molecule has 2 aromatic carbocycles. The second-order valence-corrected chi connectivity index (χ2v) is 4.26. The summed E-state index contributed by atoms with van der Waals surface area (Å²) in [6, 6.07) is 10.7. The van der Waals surface area contributed by atoms with Gasteiger partial charge in [0.15, 0.2) is 11.5 Å². The maximum atomic E-state index is 5.88. The fourth-order valence-corrected chi connectivity index (χ4v) is 1.94. The molecule has 0 unspecified atom stereocenters. The summed E-state index contributed by atoms with van der Waals surface area (Å²) in [5.41, 5.74) is 6.42. The Morgan fingerprint density at radius 3 is 2.14 bits per heavy atom. The van der Waals surface area contributed by atoms with Gasteiger partial charge in [0.25, 0.3) is 0 Å². The molecule has 0 bridgehead atoms. The van der Waals surface area contributed by atoms with Gasteiger partial charge in [-0.1, -0.05) is 6.07 Å². The first kappa shape index (κ1) is 14.8. The number of nitrogens with two attached hydrogens (primary N) is 1. The molecule has 0 fully saturated rings. The highest BCUT2D eigenvalue weighted by Crippen LogP contribution is 2.41. The van der Waals surface area contributed by atoms with Crippen LogP contribution in [0.4, 0.5) is 5.69 Å². The number of rotatable bonds is 6. The first-order valence-corrected chi connectivity index (χ1v) is 6.60. The minimum absolute atomic E-state index is 0.496. The Morgan fingerprint density at radius 2 is 1.57 bits per heavy atom. The van der Waals surface area contributed by atoms with Gasteiger partial charge in [-0.3, -0.25) is 0 Å². The van der Waals surface area contributed by atoms with Gasteiger partial charge in [-0.25, -0.2) is 0 Å². The molecule has 0 aliphatic rings. The number of anilines is 1. The van der Waals surface area contributed by atoms with Gasteiger partial charge in [-0.05, 0) is 19.1 Å². The molecule has 0 saturated carbocycles. The second-order valence-electron chi connectivity index (χ2n) is 4.26. The summed E-state index contributed by atoms with van der Waals surface area (Å²) >= 11 is 0. The van der Waals surface area contributed by atoms with Crippen molar-refractivity contribution in [1.82, 2.24) is 0 Å². The Bertz CT molecular complexity index is 591. The molecule has 2 rings (SSSR count). The third-order valence-corrected chi connectivity index (χ3v) is 2.82. The Labute approximate surface area is 124 Å². The standard InChI is InChI=1S/C16H19NO4/c1-4-20-12-8-11(17)9-13(10-12)21-16-14(18-2)6-5-7-15(16)19-3/h5-10H,4,17H2,1-3H3. The van der Waals surface area contributed by atoms with Gasteiger partial charge in [-0.15, -0.1) is 0 Å². The van der Waals surface area contributed by atoms with Crippen molar-refractivity contribution in [2.45, 2.75) is 6.92 Å². The van der Waals surface area contributed by atoms with Crippen molar-refractivity contribution in [3.05, 3.63) is 36.4 Å². The molecule has 112 valence electrons.